The molecule has 1 unspecified atom stereocenters. The molecule has 0 spiro atoms. The first kappa shape index (κ1) is 17.5. The highest BCUT2D eigenvalue weighted by Gasteiger charge is 2.19. The van der Waals surface area contributed by atoms with E-state index in [0.717, 1.165) is 25.9 Å². The number of benzene rings is 1. The predicted molar refractivity (Wildman–Crippen MR) is 90.9 cm³/mol. The third-order valence-electron chi connectivity index (χ3n) is 3.81. The molecule has 120 valence electrons. The number of hydrogen-bond donors (Lipinski definition) is 1. The summed E-state index contributed by atoms with van der Waals surface area (Å²) < 4.78 is 5.37. The zero-order valence-electron chi connectivity index (χ0n) is 12.0. The highest BCUT2D eigenvalue weighted by Crippen LogP contribution is 2.33. The Bertz CT molecular complexity index is 590. The lowest BCUT2D eigenvalue weighted by Gasteiger charge is -2.09. The van der Waals surface area contributed by atoms with E-state index < -0.39 is 0 Å². The van der Waals surface area contributed by atoms with Gasteiger partial charge in [-0.2, -0.15) is 4.98 Å². The lowest BCUT2D eigenvalue weighted by atomic mass is 9.97. The Kier molecular flexibility index (Phi) is 6.50. The first-order valence-electron chi connectivity index (χ1n) is 7.21. The molecule has 22 heavy (non-hydrogen) atoms. The van der Waals surface area contributed by atoms with E-state index in [0.29, 0.717) is 33.2 Å². The molecule has 1 atom stereocenters. The lowest BCUT2D eigenvalue weighted by molar-refractivity contribution is 0.341. The van der Waals surface area contributed by atoms with Crippen LogP contribution in [0.2, 0.25) is 10.0 Å². The van der Waals surface area contributed by atoms with Crippen LogP contribution >= 0.6 is 35.6 Å². The maximum atomic E-state index is 6.17. The molecule has 0 aliphatic carbocycles. The van der Waals surface area contributed by atoms with Crippen LogP contribution in [-0.4, -0.2) is 23.2 Å². The molecule has 2 aromatic rings. The minimum Gasteiger partial charge on any atom is -0.339 e. The molecule has 1 aromatic carbocycles. The second-order valence-corrected chi connectivity index (χ2v) is 6.17. The van der Waals surface area contributed by atoms with E-state index in [9.17, 15) is 0 Å². The fraction of sp³-hybridized carbons (Fsp3) is 0.467. The number of aromatic nitrogens is 2. The van der Waals surface area contributed by atoms with Crippen molar-refractivity contribution in [3.8, 4) is 11.4 Å². The summed E-state index contributed by atoms with van der Waals surface area (Å²) in [4.78, 5) is 4.46. The minimum absolute atomic E-state index is 0. The largest absolute Gasteiger partial charge is 0.339 e. The van der Waals surface area contributed by atoms with E-state index in [4.69, 9.17) is 27.7 Å². The van der Waals surface area contributed by atoms with E-state index in [-0.39, 0.29) is 12.4 Å². The first-order chi connectivity index (χ1) is 10.2. The van der Waals surface area contributed by atoms with Gasteiger partial charge in [0.15, 0.2) is 0 Å². The predicted octanol–water partition coefficient (Wildman–Crippen LogP) is 4.40. The number of rotatable bonds is 3. The molecule has 3 rings (SSSR count). The van der Waals surface area contributed by atoms with Crippen LogP contribution in [0.4, 0.5) is 0 Å². The molecular formula is C15H18Cl3N3O. The average Bonchev–Trinajstić information content (AvgIpc) is 2.75. The van der Waals surface area contributed by atoms with Crippen LogP contribution < -0.4 is 5.32 Å². The highest BCUT2D eigenvalue weighted by atomic mass is 35.5. The van der Waals surface area contributed by atoms with Gasteiger partial charge in [0.2, 0.25) is 11.7 Å². The van der Waals surface area contributed by atoms with Gasteiger partial charge < -0.3 is 9.84 Å². The summed E-state index contributed by atoms with van der Waals surface area (Å²) in [5, 5.41) is 8.51. The smallest absolute Gasteiger partial charge is 0.227 e. The van der Waals surface area contributed by atoms with Gasteiger partial charge in [-0.25, -0.2) is 0 Å². The van der Waals surface area contributed by atoms with Gasteiger partial charge in [0.05, 0.1) is 15.6 Å². The molecule has 7 heteroatoms. The normalized spacial score (nSPS) is 18.5. The van der Waals surface area contributed by atoms with Crippen molar-refractivity contribution in [2.75, 3.05) is 13.1 Å². The third-order valence-corrected chi connectivity index (χ3v) is 4.44. The number of nitrogens with zero attached hydrogens (tertiary/aromatic N) is 2. The van der Waals surface area contributed by atoms with Crippen LogP contribution in [0.25, 0.3) is 11.4 Å². The average molecular weight is 363 g/mol. The molecule has 1 aliphatic heterocycles. The van der Waals surface area contributed by atoms with Crippen LogP contribution in [0.3, 0.4) is 0 Å². The number of hydrogen-bond acceptors (Lipinski definition) is 4. The van der Waals surface area contributed by atoms with Crippen molar-refractivity contribution >= 4 is 35.6 Å². The summed E-state index contributed by atoms with van der Waals surface area (Å²) in [7, 11) is 0. The molecule has 1 saturated heterocycles. The summed E-state index contributed by atoms with van der Waals surface area (Å²) in [6, 6.07) is 5.35. The quantitative estimate of drug-likeness (QED) is 0.879. The van der Waals surface area contributed by atoms with E-state index in [1.807, 2.05) is 0 Å². The lowest BCUT2D eigenvalue weighted by Crippen LogP contribution is -2.14. The highest BCUT2D eigenvalue weighted by molar-refractivity contribution is 6.38. The molecule has 2 heterocycles. The molecule has 4 nitrogen and oxygen atoms in total. The monoisotopic (exact) mass is 361 g/mol. The Labute approximate surface area is 146 Å². The van der Waals surface area contributed by atoms with Gasteiger partial charge in [-0.05, 0) is 50.4 Å². The Morgan fingerprint density at radius 3 is 2.73 bits per heavy atom. The Hall–Kier alpha value is -0.810. The van der Waals surface area contributed by atoms with Gasteiger partial charge >= 0.3 is 0 Å². The maximum Gasteiger partial charge on any atom is 0.227 e. The second-order valence-electron chi connectivity index (χ2n) is 5.36. The third kappa shape index (κ3) is 4.13. The van der Waals surface area contributed by atoms with Gasteiger partial charge in [-0.3, -0.25) is 0 Å². The minimum atomic E-state index is 0. The van der Waals surface area contributed by atoms with Crippen LogP contribution in [0.5, 0.6) is 0 Å². The van der Waals surface area contributed by atoms with Gasteiger partial charge in [-0.1, -0.05) is 34.4 Å². The van der Waals surface area contributed by atoms with E-state index in [1.165, 1.54) is 12.8 Å². The molecule has 0 saturated carbocycles. The molecule has 1 aliphatic rings. The fourth-order valence-corrected chi connectivity index (χ4v) is 3.26. The summed E-state index contributed by atoms with van der Waals surface area (Å²) in [5.41, 5.74) is 0.637. The maximum absolute atomic E-state index is 6.17. The summed E-state index contributed by atoms with van der Waals surface area (Å²) >= 11 is 12.3. The molecule has 0 radical (unpaired) electrons. The summed E-state index contributed by atoms with van der Waals surface area (Å²) in [6.45, 7) is 2.16. The number of nitrogens with one attached hydrogen (secondary N) is 1. The molecule has 1 N–H and O–H groups in total. The molecule has 0 amide bonds. The van der Waals surface area contributed by atoms with Crippen molar-refractivity contribution in [3.05, 3.63) is 34.1 Å². The molecular weight excluding hydrogens is 345 g/mol. The van der Waals surface area contributed by atoms with Gasteiger partial charge in [0.25, 0.3) is 0 Å². The fourth-order valence-electron chi connectivity index (χ4n) is 2.69. The van der Waals surface area contributed by atoms with Gasteiger partial charge in [0.1, 0.15) is 0 Å². The zero-order chi connectivity index (χ0) is 14.7. The Balaban J connectivity index is 0.00000176. The van der Waals surface area contributed by atoms with Crippen molar-refractivity contribution < 1.29 is 4.52 Å². The standard InChI is InChI=1S/C15H17Cl2N3O.ClH/c16-11-4-1-5-12(17)14(11)15-19-13(21-20-15)9-10-3-2-7-18-8-6-10;/h1,4-5,10,18H,2-3,6-9H2;1H. The van der Waals surface area contributed by atoms with Crippen molar-refractivity contribution in [2.45, 2.75) is 25.7 Å². The van der Waals surface area contributed by atoms with Crippen molar-refractivity contribution in [1.29, 1.82) is 0 Å². The van der Waals surface area contributed by atoms with Crippen LogP contribution in [0.15, 0.2) is 22.7 Å². The van der Waals surface area contributed by atoms with Crippen LogP contribution in [0.1, 0.15) is 25.2 Å². The zero-order valence-corrected chi connectivity index (χ0v) is 14.3. The summed E-state index contributed by atoms with van der Waals surface area (Å²) in [5.74, 6) is 1.72. The van der Waals surface area contributed by atoms with E-state index in [1.54, 1.807) is 18.2 Å². The van der Waals surface area contributed by atoms with Crippen LogP contribution in [-0.2, 0) is 6.42 Å². The number of halogens is 3. The van der Waals surface area contributed by atoms with Crippen molar-refractivity contribution in [3.63, 3.8) is 0 Å². The topological polar surface area (TPSA) is 51.0 Å². The SMILES string of the molecule is Cl.Clc1cccc(Cl)c1-c1noc(CC2CCCNCC2)n1. The second kappa shape index (κ2) is 8.16. The summed E-state index contributed by atoms with van der Waals surface area (Å²) in [6.07, 6.45) is 4.35. The van der Waals surface area contributed by atoms with E-state index >= 15 is 0 Å². The molecule has 0 bridgehead atoms. The Morgan fingerprint density at radius 1 is 1.18 bits per heavy atom. The van der Waals surface area contributed by atoms with Gasteiger partial charge in [-0.15, -0.1) is 12.4 Å². The first-order valence-corrected chi connectivity index (χ1v) is 7.97. The van der Waals surface area contributed by atoms with Crippen LogP contribution in [0, 0.1) is 5.92 Å². The molecule has 1 aromatic heterocycles. The van der Waals surface area contributed by atoms with Gasteiger partial charge in [0, 0.05) is 6.42 Å². The molecule has 1 fully saturated rings. The Morgan fingerprint density at radius 2 is 1.95 bits per heavy atom. The van der Waals surface area contributed by atoms with E-state index in [2.05, 4.69) is 15.5 Å². The van der Waals surface area contributed by atoms with Crippen molar-refractivity contribution in [2.24, 2.45) is 5.92 Å². The van der Waals surface area contributed by atoms with Crippen molar-refractivity contribution in [1.82, 2.24) is 15.5 Å².